The van der Waals surface area contributed by atoms with Crippen molar-refractivity contribution in [3.63, 3.8) is 0 Å². The minimum absolute atomic E-state index is 0.00303. The van der Waals surface area contributed by atoms with E-state index < -0.39 is 0 Å². The number of rotatable bonds is 5. The second-order valence-electron chi connectivity index (χ2n) is 6.99. The number of carbonyl (C=O) groups excluding carboxylic acids is 2. The van der Waals surface area contributed by atoms with Crippen LogP contribution in [-0.4, -0.2) is 36.3 Å². The lowest BCUT2D eigenvalue weighted by Gasteiger charge is -2.17. The van der Waals surface area contributed by atoms with Crippen LogP contribution in [0.1, 0.15) is 40.7 Å². The number of nitrogens with one attached hydrogen (secondary N) is 1. The Kier molecular flexibility index (Phi) is 5.71. The zero-order valence-corrected chi connectivity index (χ0v) is 15.4. The Morgan fingerprint density at radius 2 is 1.73 bits per heavy atom. The van der Waals surface area contributed by atoms with Crippen LogP contribution in [0.2, 0.25) is 0 Å². The van der Waals surface area contributed by atoms with Crippen LogP contribution in [-0.2, 0) is 4.79 Å². The summed E-state index contributed by atoms with van der Waals surface area (Å²) in [6.45, 7) is 5.74. The topological polar surface area (TPSA) is 49.4 Å². The summed E-state index contributed by atoms with van der Waals surface area (Å²) >= 11 is 0. The van der Waals surface area contributed by atoms with Crippen LogP contribution < -0.4 is 5.32 Å². The van der Waals surface area contributed by atoms with E-state index in [4.69, 9.17) is 0 Å². The van der Waals surface area contributed by atoms with Crippen molar-refractivity contribution in [1.29, 1.82) is 0 Å². The van der Waals surface area contributed by atoms with Gasteiger partial charge in [-0.15, -0.1) is 0 Å². The van der Waals surface area contributed by atoms with Crippen molar-refractivity contribution in [2.45, 2.75) is 26.2 Å². The Balaban J connectivity index is 1.82. The molecule has 2 aromatic rings. The molecule has 0 spiro atoms. The van der Waals surface area contributed by atoms with Crippen LogP contribution in [0.25, 0.3) is 0 Å². The number of amides is 2. The predicted molar refractivity (Wildman–Crippen MR) is 103 cm³/mol. The molecule has 0 unspecified atom stereocenters. The summed E-state index contributed by atoms with van der Waals surface area (Å²) in [4.78, 5) is 27.4. The van der Waals surface area contributed by atoms with Gasteiger partial charge in [0.2, 0.25) is 5.91 Å². The fourth-order valence-electron chi connectivity index (χ4n) is 3.53. The molecule has 26 heavy (non-hydrogen) atoms. The lowest BCUT2D eigenvalue weighted by atomic mass is 9.88. The minimum atomic E-state index is -0.210. The molecular weight excluding hydrogens is 324 g/mol. The van der Waals surface area contributed by atoms with E-state index in [-0.39, 0.29) is 23.7 Å². The molecule has 4 heteroatoms. The van der Waals surface area contributed by atoms with Gasteiger partial charge in [-0.25, -0.2) is 0 Å². The molecule has 3 rings (SSSR count). The monoisotopic (exact) mass is 350 g/mol. The molecule has 1 aliphatic heterocycles. The molecular formula is C22H26N2O2. The molecule has 4 nitrogen and oxygen atoms in total. The van der Waals surface area contributed by atoms with Gasteiger partial charge in [0.25, 0.3) is 5.91 Å². The second kappa shape index (κ2) is 8.17. The Morgan fingerprint density at radius 1 is 1.04 bits per heavy atom. The van der Waals surface area contributed by atoms with E-state index in [0.717, 1.165) is 17.5 Å². The first kappa shape index (κ1) is 18.2. The lowest BCUT2D eigenvalue weighted by Crippen LogP contribution is -2.36. The van der Waals surface area contributed by atoms with E-state index in [9.17, 15) is 9.59 Å². The molecule has 0 bridgehead atoms. The molecule has 136 valence electrons. The summed E-state index contributed by atoms with van der Waals surface area (Å²) in [5.74, 6) is -0.141. The number of hydrogen-bond donors (Lipinski definition) is 1. The van der Waals surface area contributed by atoms with Gasteiger partial charge in [0.1, 0.15) is 0 Å². The SMILES string of the molecule is CCCNC(=O)[C@H]1CN(C(=O)c2ccc(C)cc2)C[C@H]1c1ccccc1. The van der Waals surface area contributed by atoms with Crippen molar-refractivity contribution >= 4 is 11.8 Å². The maximum absolute atomic E-state index is 12.9. The van der Waals surface area contributed by atoms with E-state index in [1.165, 1.54) is 0 Å². The molecule has 1 heterocycles. The highest BCUT2D eigenvalue weighted by molar-refractivity contribution is 5.95. The average Bonchev–Trinajstić information content (AvgIpc) is 3.12. The number of hydrogen-bond acceptors (Lipinski definition) is 2. The largest absolute Gasteiger partial charge is 0.356 e. The Labute approximate surface area is 155 Å². The van der Waals surface area contributed by atoms with Gasteiger partial charge in [0.05, 0.1) is 5.92 Å². The van der Waals surface area contributed by atoms with E-state index >= 15 is 0 Å². The first-order chi connectivity index (χ1) is 12.6. The highest BCUT2D eigenvalue weighted by Crippen LogP contribution is 2.33. The molecule has 0 aromatic heterocycles. The molecule has 1 fully saturated rings. The maximum atomic E-state index is 12.9. The molecule has 1 saturated heterocycles. The quantitative estimate of drug-likeness (QED) is 0.899. The number of benzene rings is 2. The first-order valence-electron chi connectivity index (χ1n) is 9.28. The van der Waals surface area contributed by atoms with Crippen molar-refractivity contribution in [3.05, 3.63) is 71.3 Å². The van der Waals surface area contributed by atoms with Crippen LogP contribution in [0.4, 0.5) is 0 Å². The van der Waals surface area contributed by atoms with Crippen LogP contribution in [0.15, 0.2) is 54.6 Å². The fraction of sp³-hybridized carbons (Fsp3) is 0.364. The third-order valence-electron chi connectivity index (χ3n) is 5.02. The Bertz CT molecular complexity index is 755. The first-order valence-corrected chi connectivity index (χ1v) is 9.28. The van der Waals surface area contributed by atoms with Crippen LogP contribution in [0, 0.1) is 12.8 Å². The highest BCUT2D eigenvalue weighted by atomic mass is 16.2. The minimum Gasteiger partial charge on any atom is -0.356 e. The van der Waals surface area contributed by atoms with Gasteiger partial charge in [0.15, 0.2) is 0 Å². The number of carbonyl (C=O) groups is 2. The summed E-state index contributed by atoms with van der Waals surface area (Å²) in [6, 6.07) is 17.7. The van der Waals surface area contributed by atoms with Gasteiger partial charge in [-0.3, -0.25) is 9.59 Å². The van der Waals surface area contributed by atoms with Gasteiger partial charge >= 0.3 is 0 Å². The Morgan fingerprint density at radius 3 is 2.38 bits per heavy atom. The summed E-state index contributed by atoms with van der Waals surface area (Å²) in [5, 5.41) is 3.00. The molecule has 0 aliphatic carbocycles. The molecule has 2 aromatic carbocycles. The van der Waals surface area contributed by atoms with E-state index in [1.54, 1.807) is 0 Å². The van der Waals surface area contributed by atoms with Crippen molar-refractivity contribution in [3.8, 4) is 0 Å². The molecule has 2 atom stereocenters. The van der Waals surface area contributed by atoms with Gasteiger partial charge in [-0.05, 0) is 31.0 Å². The highest BCUT2D eigenvalue weighted by Gasteiger charge is 2.40. The van der Waals surface area contributed by atoms with E-state index in [1.807, 2.05) is 73.3 Å². The standard InChI is InChI=1S/C22H26N2O2/c1-3-13-23-21(25)20-15-24(14-19(20)17-7-5-4-6-8-17)22(26)18-11-9-16(2)10-12-18/h4-12,19-20H,3,13-15H2,1-2H3,(H,23,25)/t19-,20-/m0/s1. The number of aryl methyl sites for hydroxylation is 1. The summed E-state index contributed by atoms with van der Waals surface area (Å²) in [5.41, 5.74) is 2.92. The number of likely N-dealkylation sites (tertiary alicyclic amines) is 1. The number of nitrogens with zero attached hydrogens (tertiary/aromatic N) is 1. The van der Waals surface area contributed by atoms with E-state index in [0.29, 0.717) is 25.2 Å². The van der Waals surface area contributed by atoms with Crippen molar-refractivity contribution < 1.29 is 9.59 Å². The third-order valence-corrected chi connectivity index (χ3v) is 5.02. The fourth-order valence-corrected chi connectivity index (χ4v) is 3.53. The third kappa shape index (κ3) is 3.96. The van der Waals surface area contributed by atoms with Crippen LogP contribution in [0.3, 0.4) is 0 Å². The zero-order chi connectivity index (χ0) is 18.5. The maximum Gasteiger partial charge on any atom is 0.253 e. The van der Waals surface area contributed by atoms with Gasteiger partial charge in [0, 0.05) is 31.1 Å². The molecule has 1 N–H and O–H groups in total. The average molecular weight is 350 g/mol. The van der Waals surface area contributed by atoms with Crippen molar-refractivity contribution in [2.24, 2.45) is 5.92 Å². The van der Waals surface area contributed by atoms with Gasteiger partial charge in [-0.2, -0.15) is 0 Å². The molecule has 2 amide bonds. The predicted octanol–water partition coefficient (Wildman–Crippen LogP) is 3.38. The Hall–Kier alpha value is -2.62. The van der Waals surface area contributed by atoms with Crippen molar-refractivity contribution in [2.75, 3.05) is 19.6 Å². The lowest BCUT2D eigenvalue weighted by molar-refractivity contribution is -0.124. The summed E-state index contributed by atoms with van der Waals surface area (Å²) in [7, 11) is 0. The second-order valence-corrected chi connectivity index (χ2v) is 6.99. The summed E-state index contributed by atoms with van der Waals surface area (Å²) in [6.07, 6.45) is 0.903. The summed E-state index contributed by atoms with van der Waals surface area (Å²) < 4.78 is 0. The van der Waals surface area contributed by atoms with Crippen LogP contribution >= 0.6 is 0 Å². The molecule has 0 radical (unpaired) electrons. The smallest absolute Gasteiger partial charge is 0.253 e. The normalized spacial score (nSPS) is 19.4. The zero-order valence-electron chi connectivity index (χ0n) is 15.4. The van der Waals surface area contributed by atoms with Gasteiger partial charge in [-0.1, -0.05) is 55.0 Å². The molecule has 0 saturated carbocycles. The van der Waals surface area contributed by atoms with Crippen LogP contribution in [0.5, 0.6) is 0 Å². The van der Waals surface area contributed by atoms with E-state index in [2.05, 4.69) is 5.32 Å². The van der Waals surface area contributed by atoms with Crippen molar-refractivity contribution in [1.82, 2.24) is 10.2 Å². The molecule has 1 aliphatic rings. The van der Waals surface area contributed by atoms with Gasteiger partial charge < -0.3 is 10.2 Å².